The van der Waals surface area contributed by atoms with Gasteiger partial charge in [-0.25, -0.2) is 0 Å². The summed E-state index contributed by atoms with van der Waals surface area (Å²) in [4.78, 5) is 0. The maximum atomic E-state index is 5.73. The molecule has 0 saturated heterocycles. The Morgan fingerprint density at radius 1 is 1.33 bits per heavy atom. The van der Waals surface area contributed by atoms with Crippen molar-refractivity contribution in [2.45, 2.75) is 18.9 Å². The Bertz CT molecular complexity index is 422. The van der Waals surface area contributed by atoms with Crippen LogP contribution in [0.3, 0.4) is 0 Å². The number of hydrogen-bond acceptors (Lipinski definition) is 2. The quantitative estimate of drug-likeness (QED) is 0.751. The van der Waals surface area contributed by atoms with Crippen LogP contribution in [0.4, 0.5) is 0 Å². The number of nitrogens with two attached hydrogens (primary N) is 1. The highest BCUT2D eigenvalue weighted by atomic mass is 16.5. The highest BCUT2D eigenvalue weighted by molar-refractivity contribution is 5.77. The van der Waals surface area contributed by atoms with Crippen molar-refractivity contribution in [3.05, 3.63) is 41.0 Å². The van der Waals surface area contributed by atoms with Crippen molar-refractivity contribution >= 4 is 5.57 Å². The molecule has 2 heteroatoms. The molecule has 78 valence electrons. The number of benzene rings is 1. The largest absolute Gasteiger partial charge is 0.372 e. The fourth-order valence-corrected chi connectivity index (χ4v) is 2.67. The molecule has 1 unspecified atom stereocenters. The first-order chi connectivity index (χ1) is 7.40. The fourth-order valence-electron chi connectivity index (χ4n) is 2.67. The Hall–Kier alpha value is -1.12. The van der Waals surface area contributed by atoms with E-state index < -0.39 is 0 Å². The second kappa shape index (κ2) is 3.47. The molecule has 0 amide bonds. The van der Waals surface area contributed by atoms with Crippen LogP contribution in [0.25, 0.3) is 5.57 Å². The van der Waals surface area contributed by atoms with Crippen molar-refractivity contribution < 1.29 is 4.74 Å². The molecule has 0 aromatic heterocycles. The van der Waals surface area contributed by atoms with Gasteiger partial charge < -0.3 is 10.5 Å². The molecule has 0 fully saturated rings. The average molecular weight is 201 g/mol. The Kier molecular flexibility index (Phi) is 2.11. The summed E-state index contributed by atoms with van der Waals surface area (Å²) in [6.45, 7) is 1.42. The zero-order valence-electron chi connectivity index (χ0n) is 8.70. The Morgan fingerprint density at radius 3 is 3.07 bits per heavy atom. The van der Waals surface area contributed by atoms with Crippen LogP contribution >= 0.6 is 0 Å². The number of rotatable bonds is 1. The van der Waals surface area contributed by atoms with Crippen molar-refractivity contribution in [3.63, 3.8) is 0 Å². The third kappa shape index (κ3) is 1.33. The van der Waals surface area contributed by atoms with Gasteiger partial charge in [0.25, 0.3) is 0 Å². The van der Waals surface area contributed by atoms with E-state index in [1.807, 2.05) is 0 Å². The molecular weight excluding hydrogens is 186 g/mol. The van der Waals surface area contributed by atoms with Gasteiger partial charge in [-0.05, 0) is 35.1 Å². The highest BCUT2D eigenvalue weighted by Gasteiger charge is 2.29. The van der Waals surface area contributed by atoms with Gasteiger partial charge in [0.1, 0.15) is 0 Å². The monoisotopic (exact) mass is 201 g/mol. The van der Waals surface area contributed by atoms with E-state index in [1.54, 1.807) is 0 Å². The zero-order chi connectivity index (χ0) is 10.3. The molecule has 0 spiro atoms. The van der Waals surface area contributed by atoms with Gasteiger partial charge in [-0.1, -0.05) is 24.3 Å². The lowest BCUT2D eigenvalue weighted by atomic mass is 9.98. The lowest BCUT2D eigenvalue weighted by Crippen LogP contribution is -2.29. The molecule has 15 heavy (non-hydrogen) atoms. The molecule has 1 heterocycles. The fraction of sp³-hybridized carbons (Fsp3) is 0.385. The minimum atomic E-state index is 0.154. The van der Waals surface area contributed by atoms with Gasteiger partial charge in [-0.2, -0.15) is 0 Å². The molecule has 1 aliphatic carbocycles. The Morgan fingerprint density at radius 2 is 2.20 bits per heavy atom. The predicted octanol–water partition coefficient (Wildman–Crippen LogP) is 1.74. The first kappa shape index (κ1) is 9.13. The summed E-state index contributed by atoms with van der Waals surface area (Å²) in [7, 11) is 0. The van der Waals surface area contributed by atoms with Crippen LogP contribution in [-0.2, 0) is 11.2 Å². The van der Waals surface area contributed by atoms with Crippen molar-refractivity contribution in [1.82, 2.24) is 0 Å². The SMILES string of the molecule is NCC1OCCC2=C1Cc1ccccc12. The van der Waals surface area contributed by atoms with Crippen LogP contribution in [0.1, 0.15) is 17.5 Å². The van der Waals surface area contributed by atoms with Gasteiger partial charge in [-0.15, -0.1) is 0 Å². The van der Waals surface area contributed by atoms with E-state index >= 15 is 0 Å². The molecule has 3 rings (SSSR count). The lowest BCUT2D eigenvalue weighted by molar-refractivity contribution is 0.0787. The van der Waals surface area contributed by atoms with Crippen LogP contribution in [0.15, 0.2) is 29.8 Å². The molecule has 1 aromatic rings. The second-order valence-electron chi connectivity index (χ2n) is 4.18. The van der Waals surface area contributed by atoms with Gasteiger partial charge in [-0.3, -0.25) is 0 Å². The average Bonchev–Trinajstić information content (AvgIpc) is 2.67. The van der Waals surface area contributed by atoms with E-state index in [1.165, 1.54) is 22.3 Å². The van der Waals surface area contributed by atoms with Gasteiger partial charge in [0.2, 0.25) is 0 Å². The normalized spacial score (nSPS) is 23.9. The molecule has 0 radical (unpaired) electrons. The van der Waals surface area contributed by atoms with E-state index in [-0.39, 0.29) is 6.10 Å². The first-order valence-electron chi connectivity index (χ1n) is 5.52. The summed E-state index contributed by atoms with van der Waals surface area (Å²) in [6, 6.07) is 8.65. The summed E-state index contributed by atoms with van der Waals surface area (Å²) in [5.74, 6) is 0. The summed E-state index contributed by atoms with van der Waals surface area (Å²) in [5.41, 5.74) is 11.5. The third-order valence-electron chi connectivity index (χ3n) is 3.38. The lowest BCUT2D eigenvalue weighted by Gasteiger charge is -2.24. The van der Waals surface area contributed by atoms with E-state index in [9.17, 15) is 0 Å². The molecule has 2 aliphatic rings. The van der Waals surface area contributed by atoms with E-state index in [0.29, 0.717) is 6.54 Å². The Balaban J connectivity index is 2.06. The van der Waals surface area contributed by atoms with Crippen LogP contribution in [-0.4, -0.2) is 19.3 Å². The van der Waals surface area contributed by atoms with Crippen molar-refractivity contribution in [2.75, 3.05) is 13.2 Å². The molecule has 0 saturated carbocycles. The smallest absolute Gasteiger partial charge is 0.0916 e. The maximum absolute atomic E-state index is 5.73. The zero-order valence-corrected chi connectivity index (χ0v) is 8.70. The first-order valence-corrected chi connectivity index (χ1v) is 5.52. The summed E-state index contributed by atoms with van der Waals surface area (Å²) < 4.78 is 5.69. The minimum absolute atomic E-state index is 0.154. The van der Waals surface area contributed by atoms with E-state index in [4.69, 9.17) is 10.5 Å². The van der Waals surface area contributed by atoms with E-state index in [2.05, 4.69) is 24.3 Å². The van der Waals surface area contributed by atoms with Gasteiger partial charge in [0.15, 0.2) is 0 Å². The summed E-state index contributed by atoms with van der Waals surface area (Å²) in [5, 5.41) is 0. The van der Waals surface area contributed by atoms with Crippen molar-refractivity contribution in [3.8, 4) is 0 Å². The topological polar surface area (TPSA) is 35.2 Å². The second-order valence-corrected chi connectivity index (χ2v) is 4.18. The molecular formula is C13H15NO. The third-order valence-corrected chi connectivity index (χ3v) is 3.38. The minimum Gasteiger partial charge on any atom is -0.372 e. The molecule has 2 nitrogen and oxygen atoms in total. The van der Waals surface area contributed by atoms with Gasteiger partial charge in [0, 0.05) is 6.54 Å². The van der Waals surface area contributed by atoms with Crippen molar-refractivity contribution in [2.24, 2.45) is 5.73 Å². The number of hydrogen-bond donors (Lipinski definition) is 1. The number of fused-ring (bicyclic) bond motifs is 2. The van der Waals surface area contributed by atoms with Crippen LogP contribution in [0, 0.1) is 0 Å². The predicted molar refractivity (Wildman–Crippen MR) is 60.5 cm³/mol. The molecule has 1 atom stereocenters. The Labute approximate surface area is 89.7 Å². The standard InChI is InChI=1S/C13H15NO/c14-8-13-12-7-9-3-1-2-4-10(9)11(12)5-6-15-13/h1-4,13H,5-8,14H2. The molecule has 0 bridgehead atoms. The summed E-state index contributed by atoms with van der Waals surface area (Å²) in [6.07, 6.45) is 2.23. The van der Waals surface area contributed by atoms with Gasteiger partial charge in [0.05, 0.1) is 12.7 Å². The van der Waals surface area contributed by atoms with Crippen LogP contribution < -0.4 is 5.73 Å². The van der Waals surface area contributed by atoms with Gasteiger partial charge >= 0.3 is 0 Å². The van der Waals surface area contributed by atoms with E-state index in [0.717, 1.165) is 19.4 Å². The maximum Gasteiger partial charge on any atom is 0.0916 e. The van der Waals surface area contributed by atoms with Crippen LogP contribution in [0.2, 0.25) is 0 Å². The molecule has 1 aromatic carbocycles. The molecule has 2 N–H and O–H groups in total. The molecule has 1 aliphatic heterocycles. The number of ether oxygens (including phenoxy) is 1. The van der Waals surface area contributed by atoms with Crippen LogP contribution in [0.5, 0.6) is 0 Å². The summed E-state index contributed by atoms with van der Waals surface area (Å²) >= 11 is 0. The highest BCUT2D eigenvalue weighted by Crippen LogP contribution is 2.39. The van der Waals surface area contributed by atoms with Crippen molar-refractivity contribution in [1.29, 1.82) is 0 Å².